The second-order valence-electron chi connectivity index (χ2n) is 4.44. The minimum atomic E-state index is 0.0165. The molecule has 0 bridgehead atoms. The maximum atomic E-state index is 12.4. The summed E-state index contributed by atoms with van der Waals surface area (Å²) in [5, 5.41) is 0. The molecule has 0 fully saturated rings. The van der Waals surface area contributed by atoms with Crippen molar-refractivity contribution >= 4 is 23.2 Å². The molecule has 19 heavy (non-hydrogen) atoms. The van der Waals surface area contributed by atoms with Crippen LogP contribution in [0.2, 0.25) is 0 Å². The molecule has 1 aliphatic heterocycles. The van der Waals surface area contributed by atoms with Crippen LogP contribution >= 0.6 is 11.3 Å². The van der Waals surface area contributed by atoms with Gasteiger partial charge >= 0.3 is 0 Å². The Bertz CT molecular complexity index is 639. The van der Waals surface area contributed by atoms with Crippen LogP contribution in [0.5, 0.6) is 0 Å². The zero-order valence-corrected chi connectivity index (χ0v) is 11.3. The Morgan fingerprint density at radius 1 is 1.47 bits per heavy atom. The standard InChI is InChI=1S/C12H13N5OS/c1-7-10(19-6-15-7)11(18)17-3-2-8-4-14-12(13)16-9(8)5-17/h4,6H,2-3,5H2,1H3,(H2,13,14,16). The van der Waals surface area contributed by atoms with Crippen molar-refractivity contribution < 1.29 is 4.79 Å². The van der Waals surface area contributed by atoms with Gasteiger partial charge in [-0.1, -0.05) is 0 Å². The van der Waals surface area contributed by atoms with E-state index in [1.807, 2.05) is 6.92 Å². The highest BCUT2D eigenvalue weighted by Crippen LogP contribution is 2.21. The highest BCUT2D eigenvalue weighted by molar-refractivity contribution is 7.11. The summed E-state index contributed by atoms with van der Waals surface area (Å²) < 4.78 is 0. The van der Waals surface area contributed by atoms with E-state index in [2.05, 4.69) is 15.0 Å². The van der Waals surface area contributed by atoms with Crippen LogP contribution in [0.15, 0.2) is 11.7 Å². The van der Waals surface area contributed by atoms with Gasteiger partial charge in [-0.05, 0) is 18.9 Å². The van der Waals surface area contributed by atoms with Crippen molar-refractivity contribution in [2.24, 2.45) is 0 Å². The molecule has 0 saturated carbocycles. The summed E-state index contributed by atoms with van der Waals surface area (Å²) in [5.74, 6) is 0.268. The monoisotopic (exact) mass is 275 g/mol. The molecule has 0 spiro atoms. The van der Waals surface area contributed by atoms with Gasteiger partial charge in [-0.15, -0.1) is 11.3 Å². The van der Waals surface area contributed by atoms with Crippen LogP contribution in [0.1, 0.15) is 26.6 Å². The number of anilines is 1. The van der Waals surface area contributed by atoms with Crippen molar-refractivity contribution in [3.05, 3.63) is 33.5 Å². The fourth-order valence-corrected chi connectivity index (χ4v) is 2.91. The number of rotatable bonds is 1. The summed E-state index contributed by atoms with van der Waals surface area (Å²) in [7, 11) is 0. The Hall–Kier alpha value is -2.02. The normalized spacial score (nSPS) is 14.3. The second-order valence-corrected chi connectivity index (χ2v) is 5.30. The lowest BCUT2D eigenvalue weighted by atomic mass is 10.1. The maximum absolute atomic E-state index is 12.4. The molecule has 3 heterocycles. The van der Waals surface area contributed by atoms with E-state index in [1.54, 1.807) is 16.6 Å². The number of aromatic nitrogens is 3. The van der Waals surface area contributed by atoms with Gasteiger partial charge in [-0.3, -0.25) is 4.79 Å². The third-order valence-corrected chi connectivity index (χ3v) is 4.11. The molecule has 1 aliphatic rings. The van der Waals surface area contributed by atoms with E-state index < -0.39 is 0 Å². The first kappa shape index (κ1) is 12.0. The summed E-state index contributed by atoms with van der Waals surface area (Å²) in [4.78, 5) is 27.2. The van der Waals surface area contributed by atoms with Crippen LogP contribution in [-0.2, 0) is 13.0 Å². The first-order chi connectivity index (χ1) is 9.15. The number of amides is 1. The quantitative estimate of drug-likeness (QED) is 0.840. The van der Waals surface area contributed by atoms with Gasteiger partial charge in [-0.2, -0.15) is 0 Å². The number of nitrogens with zero attached hydrogens (tertiary/aromatic N) is 4. The zero-order valence-electron chi connectivity index (χ0n) is 10.5. The van der Waals surface area contributed by atoms with E-state index >= 15 is 0 Å². The number of fused-ring (bicyclic) bond motifs is 1. The van der Waals surface area contributed by atoms with E-state index in [-0.39, 0.29) is 11.9 Å². The van der Waals surface area contributed by atoms with E-state index in [0.29, 0.717) is 18.0 Å². The van der Waals surface area contributed by atoms with Crippen molar-refractivity contribution in [2.75, 3.05) is 12.3 Å². The second kappa shape index (κ2) is 4.58. The molecular formula is C12H13N5OS. The lowest BCUT2D eigenvalue weighted by Crippen LogP contribution is -2.36. The van der Waals surface area contributed by atoms with E-state index in [9.17, 15) is 4.79 Å². The number of hydrogen-bond acceptors (Lipinski definition) is 6. The summed E-state index contributed by atoms with van der Waals surface area (Å²) in [6.45, 7) is 3.01. The zero-order chi connectivity index (χ0) is 13.4. The average molecular weight is 275 g/mol. The molecule has 2 aromatic heterocycles. The van der Waals surface area contributed by atoms with Gasteiger partial charge in [0.1, 0.15) is 4.88 Å². The summed E-state index contributed by atoms with van der Waals surface area (Å²) in [6.07, 6.45) is 2.51. The van der Waals surface area contributed by atoms with Crippen LogP contribution in [0, 0.1) is 6.92 Å². The molecule has 98 valence electrons. The van der Waals surface area contributed by atoms with Crippen molar-refractivity contribution in [3.63, 3.8) is 0 Å². The summed E-state index contributed by atoms with van der Waals surface area (Å²) >= 11 is 1.38. The van der Waals surface area contributed by atoms with Crippen molar-refractivity contribution in [3.8, 4) is 0 Å². The molecule has 6 nitrogen and oxygen atoms in total. The number of carbonyl (C=O) groups is 1. The molecule has 2 aromatic rings. The number of nitrogens with two attached hydrogens (primary N) is 1. The number of aryl methyl sites for hydroxylation is 1. The predicted molar refractivity (Wildman–Crippen MR) is 71.7 cm³/mol. The molecule has 0 atom stereocenters. The van der Waals surface area contributed by atoms with Gasteiger partial charge in [0.2, 0.25) is 5.95 Å². The van der Waals surface area contributed by atoms with E-state index in [4.69, 9.17) is 5.73 Å². The van der Waals surface area contributed by atoms with Crippen molar-refractivity contribution in [1.82, 2.24) is 19.9 Å². The van der Waals surface area contributed by atoms with Crippen LogP contribution < -0.4 is 5.73 Å². The van der Waals surface area contributed by atoms with Crippen molar-refractivity contribution in [1.29, 1.82) is 0 Å². The molecule has 3 rings (SSSR count). The van der Waals surface area contributed by atoms with Gasteiger partial charge in [0.05, 0.1) is 23.4 Å². The fraction of sp³-hybridized carbons (Fsp3) is 0.333. The number of hydrogen-bond donors (Lipinski definition) is 1. The molecule has 2 N–H and O–H groups in total. The minimum absolute atomic E-state index is 0.0165. The molecule has 7 heteroatoms. The van der Waals surface area contributed by atoms with Crippen LogP contribution in [0.25, 0.3) is 0 Å². The fourth-order valence-electron chi connectivity index (χ4n) is 2.14. The average Bonchev–Trinajstić information content (AvgIpc) is 2.83. The Labute approximate surface area is 114 Å². The molecule has 1 amide bonds. The lowest BCUT2D eigenvalue weighted by Gasteiger charge is -2.27. The molecule has 0 radical (unpaired) electrons. The van der Waals surface area contributed by atoms with Gasteiger partial charge in [0.15, 0.2) is 0 Å². The number of nitrogen functional groups attached to an aromatic ring is 1. The topological polar surface area (TPSA) is 85.0 Å². The molecule has 0 saturated heterocycles. The number of carbonyl (C=O) groups excluding carboxylic acids is 1. The largest absolute Gasteiger partial charge is 0.368 e. The first-order valence-corrected chi connectivity index (χ1v) is 6.82. The highest BCUT2D eigenvalue weighted by Gasteiger charge is 2.25. The Kier molecular flexibility index (Phi) is 2.90. The Morgan fingerprint density at radius 2 is 2.32 bits per heavy atom. The maximum Gasteiger partial charge on any atom is 0.266 e. The van der Waals surface area contributed by atoms with Gasteiger partial charge in [0, 0.05) is 12.7 Å². The Morgan fingerprint density at radius 3 is 3.05 bits per heavy atom. The lowest BCUT2D eigenvalue weighted by molar-refractivity contribution is 0.0735. The summed E-state index contributed by atoms with van der Waals surface area (Å²) in [5.41, 5.74) is 9.97. The highest BCUT2D eigenvalue weighted by atomic mass is 32.1. The third kappa shape index (κ3) is 2.17. The third-order valence-electron chi connectivity index (χ3n) is 3.19. The van der Waals surface area contributed by atoms with Gasteiger partial charge < -0.3 is 10.6 Å². The van der Waals surface area contributed by atoms with Gasteiger partial charge in [-0.25, -0.2) is 15.0 Å². The van der Waals surface area contributed by atoms with Crippen LogP contribution in [-0.4, -0.2) is 32.3 Å². The van der Waals surface area contributed by atoms with Crippen LogP contribution in [0.3, 0.4) is 0 Å². The predicted octanol–water partition coefficient (Wildman–Crippen LogP) is 1.02. The Balaban J connectivity index is 1.86. The molecular weight excluding hydrogens is 262 g/mol. The van der Waals surface area contributed by atoms with E-state index in [1.165, 1.54) is 11.3 Å². The smallest absolute Gasteiger partial charge is 0.266 e. The van der Waals surface area contributed by atoms with Crippen molar-refractivity contribution in [2.45, 2.75) is 19.9 Å². The molecule has 0 aliphatic carbocycles. The van der Waals surface area contributed by atoms with E-state index in [0.717, 1.165) is 23.4 Å². The molecule has 0 unspecified atom stereocenters. The SMILES string of the molecule is Cc1ncsc1C(=O)N1CCc2cnc(N)nc2C1. The first-order valence-electron chi connectivity index (χ1n) is 5.95. The minimum Gasteiger partial charge on any atom is -0.368 e. The van der Waals surface area contributed by atoms with Gasteiger partial charge in [0.25, 0.3) is 5.91 Å². The number of thiazole rings is 1. The molecule has 0 aromatic carbocycles. The summed E-state index contributed by atoms with van der Waals surface area (Å²) in [6, 6.07) is 0. The van der Waals surface area contributed by atoms with Crippen LogP contribution in [0.4, 0.5) is 5.95 Å².